The predicted octanol–water partition coefficient (Wildman–Crippen LogP) is 1.62. The Morgan fingerprint density at radius 3 is 2.77 bits per heavy atom. The Balaban J connectivity index is 2.90. The molecule has 0 amide bonds. The van der Waals surface area contributed by atoms with Crippen molar-refractivity contribution in [2.45, 2.75) is 0 Å². The van der Waals surface area contributed by atoms with Gasteiger partial charge in [-0.15, -0.1) is 4.91 Å². The Labute approximate surface area is 72.4 Å². The first-order valence-corrected chi connectivity index (χ1v) is 3.24. The van der Waals surface area contributed by atoms with E-state index in [4.69, 9.17) is 0 Å². The molecule has 0 bridgehead atoms. The van der Waals surface area contributed by atoms with Crippen LogP contribution in [0.2, 0.25) is 0 Å². The summed E-state index contributed by atoms with van der Waals surface area (Å²) in [6, 6.07) is 5.72. The number of nitro benzene ring substituents is 1. The van der Waals surface area contributed by atoms with Crippen molar-refractivity contribution in [1.29, 1.82) is 0 Å². The van der Waals surface area contributed by atoms with Crippen molar-refractivity contribution in [2.24, 2.45) is 5.34 Å². The van der Waals surface area contributed by atoms with Crippen LogP contribution in [0.25, 0.3) is 0 Å². The van der Waals surface area contributed by atoms with E-state index < -0.39 is 4.92 Å². The van der Waals surface area contributed by atoms with Crippen LogP contribution in [0.3, 0.4) is 0 Å². The van der Waals surface area contributed by atoms with E-state index in [1.165, 1.54) is 18.2 Å². The fourth-order valence-corrected chi connectivity index (χ4v) is 0.787. The smallest absolute Gasteiger partial charge is 0.258 e. The number of nitrogens with one attached hydrogen (secondary N) is 1. The predicted molar refractivity (Wildman–Crippen MR) is 43.6 cm³/mol. The normalized spacial score (nSPS) is 8.92. The molecule has 0 spiro atoms. The van der Waals surface area contributed by atoms with E-state index in [9.17, 15) is 15.0 Å². The highest BCUT2D eigenvalue weighted by Crippen LogP contribution is 2.22. The summed E-state index contributed by atoms with van der Waals surface area (Å²) in [4.78, 5) is 23.3. The van der Waals surface area contributed by atoms with Crippen molar-refractivity contribution in [3.63, 3.8) is 0 Å². The second-order valence-electron chi connectivity index (χ2n) is 2.04. The Hall–Kier alpha value is -2.18. The van der Waals surface area contributed by atoms with Crippen LogP contribution in [-0.2, 0) is 4.94 Å². The molecule has 0 aliphatic rings. The van der Waals surface area contributed by atoms with Gasteiger partial charge in [-0.25, -0.2) is 4.94 Å². The van der Waals surface area contributed by atoms with Gasteiger partial charge in [0.05, 0.1) is 4.92 Å². The average Bonchev–Trinajstić information content (AvgIpc) is 2.15. The third-order valence-corrected chi connectivity index (χ3v) is 1.29. The van der Waals surface area contributed by atoms with E-state index in [1.54, 1.807) is 6.07 Å². The number of anilines is 1. The van der Waals surface area contributed by atoms with Crippen molar-refractivity contribution in [1.82, 2.24) is 0 Å². The lowest BCUT2D eigenvalue weighted by Gasteiger charge is -2.00. The highest BCUT2D eigenvalue weighted by molar-refractivity contribution is 5.59. The summed E-state index contributed by atoms with van der Waals surface area (Å²) in [6.07, 6.45) is 0. The maximum absolute atomic E-state index is 10.4. The zero-order valence-corrected chi connectivity index (χ0v) is 6.34. The molecular formula is C6H5N3O4. The lowest BCUT2D eigenvalue weighted by atomic mass is 10.3. The van der Waals surface area contributed by atoms with Gasteiger partial charge in [0, 0.05) is 6.07 Å². The Kier molecular flexibility index (Phi) is 2.74. The molecule has 1 aromatic rings. The van der Waals surface area contributed by atoms with Gasteiger partial charge in [-0.2, -0.15) is 5.48 Å². The molecule has 0 saturated heterocycles. The third-order valence-electron chi connectivity index (χ3n) is 1.29. The van der Waals surface area contributed by atoms with E-state index in [1.807, 2.05) is 10.8 Å². The van der Waals surface area contributed by atoms with Gasteiger partial charge in [0.15, 0.2) is 11.0 Å². The molecule has 0 heterocycles. The van der Waals surface area contributed by atoms with Crippen molar-refractivity contribution >= 4 is 11.4 Å². The van der Waals surface area contributed by atoms with Crippen LogP contribution in [0.5, 0.6) is 0 Å². The molecule has 1 aromatic carbocycles. The minimum atomic E-state index is -0.601. The lowest BCUT2D eigenvalue weighted by Crippen LogP contribution is -1.99. The summed E-state index contributed by atoms with van der Waals surface area (Å²) < 4.78 is 0. The van der Waals surface area contributed by atoms with Gasteiger partial charge in [0.1, 0.15) is 0 Å². The Bertz CT molecular complexity index is 327. The first-order valence-electron chi connectivity index (χ1n) is 3.24. The molecule has 0 aliphatic carbocycles. The van der Waals surface area contributed by atoms with Crippen LogP contribution in [0, 0.1) is 15.0 Å². The minimum absolute atomic E-state index is 0.0760. The van der Waals surface area contributed by atoms with Crippen LogP contribution < -0.4 is 5.48 Å². The zero-order chi connectivity index (χ0) is 9.68. The first kappa shape index (κ1) is 8.91. The number of rotatable bonds is 4. The molecule has 0 unspecified atom stereocenters. The number of hydrogen-bond acceptors (Lipinski definition) is 6. The number of hydrogen-bond donors (Lipinski definition) is 1. The van der Waals surface area contributed by atoms with Gasteiger partial charge >= 0.3 is 0 Å². The molecule has 13 heavy (non-hydrogen) atoms. The van der Waals surface area contributed by atoms with Crippen LogP contribution in [-0.4, -0.2) is 4.92 Å². The molecule has 1 N–H and O–H groups in total. The van der Waals surface area contributed by atoms with Crippen molar-refractivity contribution in [2.75, 3.05) is 5.48 Å². The molecule has 0 radical (unpaired) electrons. The van der Waals surface area contributed by atoms with Crippen molar-refractivity contribution in [3.05, 3.63) is 39.3 Å². The first-order chi connectivity index (χ1) is 6.25. The standard InChI is InChI=1S/C6H5N3O4/c10-8-13-7-5-3-1-2-4-6(5)9(11)12/h1-4,7H. The number of nitrogens with zero attached hydrogens (tertiary/aromatic N) is 2. The summed E-state index contributed by atoms with van der Waals surface area (Å²) in [5.74, 6) is 0. The van der Waals surface area contributed by atoms with Gasteiger partial charge in [-0.3, -0.25) is 10.1 Å². The summed E-state index contributed by atoms with van der Waals surface area (Å²) in [6.45, 7) is 0. The molecule has 1 rings (SSSR count). The maximum Gasteiger partial charge on any atom is 0.295 e. The molecular weight excluding hydrogens is 178 g/mol. The number of benzene rings is 1. The highest BCUT2D eigenvalue weighted by atomic mass is 16.8. The maximum atomic E-state index is 10.4. The van der Waals surface area contributed by atoms with Gasteiger partial charge in [0.25, 0.3) is 5.69 Å². The average molecular weight is 183 g/mol. The second kappa shape index (κ2) is 4.00. The minimum Gasteiger partial charge on any atom is -0.258 e. The monoisotopic (exact) mass is 183 g/mol. The van der Waals surface area contributed by atoms with E-state index in [0.29, 0.717) is 0 Å². The molecule has 0 aromatic heterocycles. The van der Waals surface area contributed by atoms with Crippen molar-refractivity contribution < 1.29 is 9.86 Å². The lowest BCUT2D eigenvalue weighted by molar-refractivity contribution is -0.384. The van der Waals surface area contributed by atoms with Gasteiger partial charge in [0.2, 0.25) is 0 Å². The van der Waals surface area contributed by atoms with Gasteiger partial charge in [-0.05, 0) is 6.07 Å². The molecule has 0 saturated carbocycles. The molecule has 0 fully saturated rings. The largest absolute Gasteiger partial charge is 0.295 e. The quantitative estimate of drug-likeness (QED) is 0.434. The summed E-state index contributed by atoms with van der Waals surface area (Å²) >= 11 is 0. The summed E-state index contributed by atoms with van der Waals surface area (Å²) in [5, 5.41) is 12.4. The van der Waals surface area contributed by atoms with Gasteiger partial charge < -0.3 is 0 Å². The summed E-state index contributed by atoms with van der Waals surface area (Å²) in [7, 11) is 0. The second-order valence-corrected chi connectivity index (χ2v) is 2.04. The van der Waals surface area contributed by atoms with Crippen LogP contribution in [0.1, 0.15) is 0 Å². The van der Waals surface area contributed by atoms with Gasteiger partial charge in [-0.1, -0.05) is 12.1 Å². The van der Waals surface area contributed by atoms with E-state index in [-0.39, 0.29) is 11.4 Å². The number of para-hydroxylation sites is 2. The van der Waals surface area contributed by atoms with Crippen LogP contribution >= 0.6 is 0 Å². The fraction of sp³-hybridized carbons (Fsp3) is 0. The number of nitro groups is 1. The SMILES string of the molecule is O=NONc1ccccc1[N+](=O)[O-]. The fourth-order valence-electron chi connectivity index (χ4n) is 0.787. The molecule has 0 atom stereocenters. The van der Waals surface area contributed by atoms with Crippen molar-refractivity contribution in [3.8, 4) is 0 Å². The highest BCUT2D eigenvalue weighted by Gasteiger charge is 2.11. The van der Waals surface area contributed by atoms with E-state index in [0.717, 1.165) is 0 Å². The Morgan fingerprint density at radius 2 is 2.15 bits per heavy atom. The van der Waals surface area contributed by atoms with Crippen LogP contribution in [0.15, 0.2) is 29.6 Å². The zero-order valence-electron chi connectivity index (χ0n) is 6.34. The van der Waals surface area contributed by atoms with E-state index in [2.05, 4.69) is 4.94 Å². The topological polar surface area (TPSA) is 93.8 Å². The van der Waals surface area contributed by atoms with E-state index >= 15 is 0 Å². The Morgan fingerprint density at radius 1 is 1.46 bits per heavy atom. The summed E-state index contributed by atoms with van der Waals surface area (Å²) in [5.41, 5.74) is 1.91. The molecule has 7 heteroatoms. The third kappa shape index (κ3) is 2.12. The van der Waals surface area contributed by atoms with Crippen LogP contribution in [0.4, 0.5) is 11.4 Å². The molecule has 7 nitrogen and oxygen atoms in total. The molecule has 0 aliphatic heterocycles. The molecule has 68 valence electrons.